The third-order valence-electron chi connectivity index (χ3n) is 1.84. The summed E-state index contributed by atoms with van der Waals surface area (Å²) in [6.45, 7) is 1.32. The maximum Gasteiger partial charge on any atom is 0.331 e. The van der Waals surface area contributed by atoms with Crippen LogP contribution in [0.1, 0.15) is 13.3 Å². The number of hydrogen-bond acceptors (Lipinski definition) is 4. The first-order valence-electron chi connectivity index (χ1n) is 3.88. The van der Waals surface area contributed by atoms with Crippen LogP contribution in [0.25, 0.3) is 0 Å². The molecule has 14 heavy (non-hydrogen) atoms. The summed E-state index contributed by atoms with van der Waals surface area (Å²) in [7, 11) is 0. The van der Waals surface area contributed by atoms with Crippen LogP contribution in [0, 0.1) is 0 Å². The molecule has 1 aliphatic rings. The standard InChI is InChI=1S/C7H9N3O4/c1-3(6(8)13)10-5(12)2-4(11)9-7(10)14/h3H,2H2,1H3,(H2,8,13)(H,9,11,14). The quantitative estimate of drug-likeness (QED) is 0.518. The number of amides is 5. The van der Waals surface area contributed by atoms with Gasteiger partial charge in [-0.1, -0.05) is 0 Å². The average molecular weight is 199 g/mol. The van der Waals surface area contributed by atoms with E-state index < -0.39 is 36.2 Å². The molecule has 7 heteroatoms. The van der Waals surface area contributed by atoms with E-state index in [1.54, 1.807) is 0 Å². The van der Waals surface area contributed by atoms with Crippen molar-refractivity contribution in [3.05, 3.63) is 0 Å². The van der Waals surface area contributed by atoms with Crippen LogP contribution in [-0.4, -0.2) is 34.7 Å². The summed E-state index contributed by atoms with van der Waals surface area (Å²) in [6.07, 6.45) is -0.441. The van der Waals surface area contributed by atoms with Crippen molar-refractivity contribution in [3.63, 3.8) is 0 Å². The second-order valence-electron chi connectivity index (χ2n) is 2.87. The minimum atomic E-state index is -1.05. The zero-order valence-corrected chi connectivity index (χ0v) is 7.44. The molecule has 5 amide bonds. The van der Waals surface area contributed by atoms with E-state index in [0.717, 1.165) is 0 Å². The lowest BCUT2D eigenvalue weighted by Crippen LogP contribution is -2.58. The first-order valence-corrected chi connectivity index (χ1v) is 3.88. The molecule has 0 aromatic heterocycles. The normalized spacial score (nSPS) is 19.2. The lowest BCUT2D eigenvalue weighted by atomic mass is 10.2. The van der Waals surface area contributed by atoms with Crippen molar-refractivity contribution >= 4 is 23.8 Å². The van der Waals surface area contributed by atoms with Gasteiger partial charge in [0.25, 0.3) is 0 Å². The monoisotopic (exact) mass is 199 g/mol. The molecule has 1 heterocycles. The fraction of sp³-hybridized carbons (Fsp3) is 0.429. The van der Waals surface area contributed by atoms with Crippen LogP contribution in [0.5, 0.6) is 0 Å². The third kappa shape index (κ3) is 1.70. The third-order valence-corrected chi connectivity index (χ3v) is 1.84. The van der Waals surface area contributed by atoms with E-state index in [1.807, 2.05) is 5.32 Å². The maximum absolute atomic E-state index is 11.2. The predicted molar refractivity (Wildman–Crippen MR) is 43.7 cm³/mol. The molecule has 76 valence electrons. The molecule has 1 fully saturated rings. The van der Waals surface area contributed by atoms with Crippen molar-refractivity contribution in [2.24, 2.45) is 5.73 Å². The second-order valence-corrected chi connectivity index (χ2v) is 2.87. The van der Waals surface area contributed by atoms with E-state index in [1.165, 1.54) is 6.92 Å². The Bertz CT molecular complexity index is 305. The smallest absolute Gasteiger partial charge is 0.331 e. The number of nitrogens with one attached hydrogen (secondary N) is 1. The van der Waals surface area contributed by atoms with Gasteiger partial charge >= 0.3 is 6.03 Å². The Kier molecular flexibility index (Phi) is 2.50. The number of primary amides is 1. The van der Waals surface area contributed by atoms with Crippen molar-refractivity contribution in [1.82, 2.24) is 10.2 Å². The molecule has 1 atom stereocenters. The highest BCUT2D eigenvalue weighted by atomic mass is 16.2. The molecule has 1 rings (SSSR count). The first-order chi connectivity index (χ1) is 6.43. The molecule has 1 saturated heterocycles. The highest BCUT2D eigenvalue weighted by molar-refractivity contribution is 6.15. The van der Waals surface area contributed by atoms with Gasteiger partial charge in [0.05, 0.1) is 0 Å². The van der Waals surface area contributed by atoms with E-state index in [-0.39, 0.29) is 0 Å². The number of nitrogens with two attached hydrogens (primary N) is 1. The minimum Gasteiger partial charge on any atom is -0.368 e. The van der Waals surface area contributed by atoms with Gasteiger partial charge in [0, 0.05) is 0 Å². The van der Waals surface area contributed by atoms with Crippen LogP contribution in [0.15, 0.2) is 0 Å². The zero-order valence-electron chi connectivity index (χ0n) is 7.44. The van der Waals surface area contributed by atoms with E-state index in [0.29, 0.717) is 4.90 Å². The fourth-order valence-corrected chi connectivity index (χ4v) is 1.08. The van der Waals surface area contributed by atoms with Crippen LogP contribution < -0.4 is 11.1 Å². The molecule has 0 bridgehead atoms. The molecular weight excluding hydrogens is 190 g/mol. The number of hydrogen-bond donors (Lipinski definition) is 2. The number of urea groups is 1. The Morgan fingerprint density at radius 1 is 1.50 bits per heavy atom. The second kappa shape index (κ2) is 3.44. The molecule has 0 spiro atoms. The van der Waals surface area contributed by atoms with Crippen molar-refractivity contribution in [1.29, 1.82) is 0 Å². The lowest BCUT2D eigenvalue weighted by molar-refractivity contribution is -0.141. The van der Waals surface area contributed by atoms with Gasteiger partial charge in [0.15, 0.2) is 0 Å². The number of carbonyl (C=O) groups is 4. The van der Waals surface area contributed by atoms with E-state index in [9.17, 15) is 19.2 Å². The van der Waals surface area contributed by atoms with Crippen molar-refractivity contribution in [3.8, 4) is 0 Å². The summed E-state index contributed by atoms with van der Waals surface area (Å²) in [5.74, 6) is -2.19. The van der Waals surface area contributed by atoms with Gasteiger partial charge in [0.2, 0.25) is 17.7 Å². The number of carbonyl (C=O) groups excluding carboxylic acids is 4. The highest BCUT2D eigenvalue weighted by Gasteiger charge is 2.36. The van der Waals surface area contributed by atoms with Crippen LogP contribution >= 0.6 is 0 Å². The molecule has 3 N–H and O–H groups in total. The molecule has 7 nitrogen and oxygen atoms in total. The van der Waals surface area contributed by atoms with Crippen LogP contribution in [-0.2, 0) is 14.4 Å². The van der Waals surface area contributed by atoms with Gasteiger partial charge < -0.3 is 5.73 Å². The molecule has 0 radical (unpaired) electrons. The summed E-state index contributed by atoms with van der Waals surface area (Å²) in [5.41, 5.74) is 4.93. The fourth-order valence-electron chi connectivity index (χ4n) is 1.08. The molecule has 0 aromatic carbocycles. The Balaban J connectivity index is 2.87. The van der Waals surface area contributed by atoms with E-state index >= 15 is 0 Å². The Morgan fingerprint density at radius 3 is 2.50 bits per heavy atom. The van der Waals surface area contributed by atoms with Gasteiger partial charge in [-0.25, -0.2) is 4.79 Å². The number of imide groups is 2. The molecule has 0 aromatic rings. The summed E-state index contributed by atoms with van der Waals surface area (Å²) in [6, 6.07) is -1.95. The van der Waals surface area contributed by atoms with E-state index in [4.69, 9.17) is 5.73 Å². The van der Waals surface area contributed by atoms with Crippen LogP contribution in [0.3, 0.4) is 0 Å². The Labute approximate surface area is 79.2 Å². The molecule has 1 unspecified atom stereocenters. The average Bonchev–Trinajstić information content (AvgIpc) is 2.01. The molecule has 1 aliphatic heterocycles. The molecular formula is C7H9N3O4. The Hall–Kier alpha value is -1.92. The maximum atomic E-state index is 11.2. The van der Waals surface area contributed by atoms with Crippen molar-refractivity contribution in [2.45, 2.75) is 19.4 Å². The zero-order chi connectivity index (χ0) is 10.9. The van der Waals surface area contributed by atoms with Crippen LogP contribution in [0.2, 0.25) is 0 Å². The number of nitrogens with zero attached hydrogens (tertiary/aromatic N) is 1. The van der Waals surface area contributed by atoms with Crippen molar-refractivity contribution in [2.75, 3.05) is 0 Å². The Morgan fingerprint density at radius 2 is 2.07 bits per heavy atom. The summed E-state index contributed by atoms with van der Waals surface area (Å²) in [5, 5.41) is 1.92. The minimum absolute atomic E-state index is 0.441. The van der Waals surface area contributed by atoms with Gasteiger partial charge in [-0.3, -0.25) is 24.6 Å². The predicted octanol–water partition coefficient (Wildman–Crippen LogP) is -1.67. The lowest BCUT2D eigenvalue weighted by Gasteiger charge is -2.28. The molecule has 0 aliphatic carbocycles. The number of rotatable bonds is 2. The van der Waals surface area contributed by atoms with Gasteiger partial charge in [-0.05, 0) is 6.92 Å². The largest absolute Gasteiger partial charge is 0.368 e. The van der Waals surface area contributed by atoms with Crippen LogP contribution in [0.4, 0.5) is 4.79 Å². The summed E-state index contributed by atoms with van der Waals surface area (Å²) >= 11 is 0. The van der Waals surface area contributed by atoms with Gasteiger partial charge in [0.1, 0.15) is 12.5 Å². The highest BCUT2D eigenvalue weighted by Crippen LogP contribution is 2.07. The van der Waals surface area contributed by atoms with Crippen molar-refractivity contribution < 1.29 is 19.2 Å². The molecule has 0 saturated carbocycles. The van der Waals surface area contributed by atoms with E-state index in [2.05, 4.69) is 0 Å². The van der Waals surface area contributed by atoms with Gasteiger partial charge in [-0.2, -0.15) is 0 Å². The summed E-state index contributed by atoms with van der Waals surface area (Å²) in [4.78, 5) is 44.4. The van der Waals surface area contributed by atoms with Gasteiger partial charge in [-0.15, -0.1) is 0 Å². The first kappa shape index (κ1) is 10.2. The SMILES string of the molecule is CC(C(N)=O)N1C(=O)CC(=O)NC1=O. The summed E-state index contributed by atoms with van der Waals surface area (Å²) < 4.78 is 0. The topological polar surface area (TPSA) is 110 Å². The number of barbiturate groups is 1.